The molecule has 5 nitrogen and oxygen atoms in total. The van der Waals surface area contributed by atoms with Gasteiger partial charge in [-0.3, -0.25) is 0 Å². The summed E-state index contributed by atoms with van der Waals surface area (Å²) in [5.74, 6) is 0. The van der Waals surface area contributed by atoms with Crippen molar-refractivity contribution in [2.24, 2.45) is 5.73 Å². The van der Waals surface area contributed by atoms with Crippen LogP contribution < -0.4 is 5.73 Å². The summed E-state index contributed by atoms with van der Waals surface area (Å²) in [6.45, 7) is 6.69. The van der Waals surface area contributed by atoms with Crippen molar-refractivity contribution in [2.45, 2.75) is 38.3 Å². The Morgan fingerprint density at radius 2 is 2.33 bits per heavy atom. The lowest BCUT2D eigenvalue weighted by Gasteiger charge is -2.26. The van der Waals surface area contributed by atoms with E-state index in [0.29, 0.717) is 13.1 Å². The first kappa shape index (κ1) is 13.3. The monoisotopic (exact) mass is 269 g/mol. The largest absolute Gasteiger partial charge is 0.444 e. The van der Waals surface area contributed by atoms with Gasteiger partial charge in [-0.1, -0.05) is 0 Å². The van der Waals surface area contributed by atoms with E-state index in [2.05, 4.69) is 4.37 Å². The zero-order valence-corrected chi connectivity index (χ0v) is 11.8. The molecule has 2 N–H and O–H groups in total. The first-order valence-corrected chi connectivity index (χ1v) is 6.80. The molecule has 2 rings (SSSR count). The Balaban J connectivity index is 2.02. The van der Waals surface area contributed by atoms with Crippen LogP contribution in [0, 0.1) is 0 Å². The number of hydrogen-bond donors (Lipinski definition) is 1. The molecule has 1 aromatic rings. The van der Waals surface area contributed by atoms with E-state index in [0.717, 1.165) is 12.0 Å². The molecular weight excluding hydrogens is 250 g/mol. The van der Waals surface area contributed by atoms with E-state index >= 15 is 0 Å². The summed E-state index contributed by atoms with van der Waals surface area (Å²) < 4.78 is 9.42. The predicted octanol–water partition coefficient (Wildman–Crippen LogP) is 1.94. The fraction of sp³-hybridized carbons (Fsp3) is 0.667. The fourth-order valence-electron chi connectivity index (χ4n) is 2.00. The molecule has 1 unspecified atom stereocenters. The van der Waals surface area contributed by atoms with Gasteiger partial charge in [0.15, 0.2) is 0 Å². The molecule has 0 aromatic carbocycles. The summed E-state index contributed by atoms with van der Waals surface area (Å²) in [6, 6.07) is 0. The number of nitrogens with zero attached hydrogens (tertiary/aromatic N) is 2. The maximum atomic E-state index is 12.0. The van der Waals surface area contributed by atoms with Crippen molar-refractivity contribution < 1.29 is 9.53 Å². The van der Waals surface area contributed by atoms with Gasteiger partial charge < -0.3 is 15.4 Å². The number of amides is 1. The van der Waals surface area contributed by atoms with Crippen molar-refractivity contribution >= 4 is 17.6 Å². The van der Waals surface area contributed by atoms with Crippen molar-refractivity contribution in [1.82, 2.24) is 9.27 Å². The number of hydrogen-bond acceptors (Lipinski definition) is 5. The highest BCUT2D eigenvalue weighted by atomic mass is 32.1. The average Bonchev–Trinajstić information content (AvgIpc) is 2.83. The first-order valence-electron chi connectivity index (χ1n) is 5.97. The lowest BCUT2D eigenvalue weighted by atomic mass is 9.93. The van der Waals surface area contributed by atoms with Gasteiger partial charge in [0.2, 0.25) is 0 Å². The van der Waals surface area contributed by atoms with E-state index in [1.807, 2.05) is 26.2 Å². The molecule has 0 radical (unpaired) electrons. The van der Waals surface area contributed by atoms with Crippen molar-refractivity contribution in [3.63, 3.8) is 0 Å². The van der Waals surface area contributed by atoms with Crippen LogP contribution in [0.5, 0.6) is 0 Å². The van der Waals surface area contributed by atoms with Crippen LogP contribution in [-0.4, -0.2) is 34.1 Å². The zero-order chi connectivity index (χ0) is 13.4. The molecule has 1 amide bonds. The number of aromatic nitrogens is 1. The number of carbonyl (C=O) groups is 1. The van der Waals surface area contributed by atoms with E-state index < -0.39 is 11.1 Å². The van der Waals surface area contributed by atoms with Crippen LogP contribution >= 0.6 is 11.5 Å². The third kappa shape index (κ3) is 2.81. The number of likely N-dealkylation sites (tertiary alicyclic amines) is 1. The van der Waals surface area contributed by atoms with Crippen molar-refractivity contribution in [3.05, 3.63) is 17.1 Å². The minimum absolute atomic E-state index is 0.294. The van der Waals surface area contributed by atoms with Crippen LogP contribution in [0.4, 0.5) is 4.79 Å². The number of rotatable bonds is 1. The molecule has 1 aliphatic heterocycles. The molecule has 100 valence electrons. The molecule has 2 heterocycles. The van der Waals surface area contributed by atoms with Crippen molar-refractivity contribution in [1.29, 1.82) is 0 Å². The Morgan fingerprint density at radius 1 is 1.61 bits per heavy atom. The highest BCUT2D eigenvalue weighted by Gasteiger charge is 2.40. The summed E-state index contributed by atoms with van der Waals surface area (Å²) in [5.41, 5.74) is 6.38. The van der Waals surface area contributed by atoms with E-state index in [1.54, 1.807) is 11.1 Å². The summed E-state index contributed by atoms with van der Waals surface area (Å²) in [6.07, 6.45) is 2.23. The van der Waals surface area contributed by atoms with Gasteiger partial charge in [-0.25, -0.2) is 9.17 Å². The minimum Gasteiger partial charge on any atom is -0.444 e. The predicted molar refractivity (Wildman–Crippen MR) is 70.4 cm³/mol. The second-order valence-electron chi connectivity index (χ2n) is 5.72. The van der Waals surface area contributed by atoms with Gasteiger partial charge in [-0.2, -0.15) is 0 Å². The highest BCUT2D eigenvalue weighted by Crippen LogP contribution is 2.30. The summed E-state index contributed by atoms with van der Waals surface area (Å²) in [4.78, 5) is 13.6. The maximum Gasteiger partial charge on any atom is 0.410 e. The smallest absolute Gasteiger partial charge is 0.410 e. The molecule has 1 fully saturated rings. The van der Waals surface area contributed by atoms with Crippen LogP contribution in [-0.2, 0) is 10.3 Å². The molecule has 0 aliphatic carbocycles. The molecule has 0 bridgehead atoms. The summed E-state index contributed by atoms with van der Waals surface area (Å²) in [5, 5.41) is 1.94. The SMILES string of the molecule is CC(C)(C)OC(=O)N1CCC(N)(c2cnsc2)C1. The van der Waals surface area contributed by atoms with Crippen LogP contribution in [0.25, 0.3) is 0 Å². The molecule has 6 heteroatoms. The van der Waals surface area contributed by atoms with Gasteiger partial charge in [0.1, 0.15) is 5.60 Å². The topological polar surface area (TPSA) is 68.5 Å². The van der Waals surface area contributed by atoms with Gasteiger partial charge >= 0.3 is 6.09 Å². The standard InChI is InChI=1S/C12H19N3O2S/c1-11(2,3)17-10(16)15-5-4-12(13,8-15)9-6-14-18-7-9/h6-7H,4-5,8,13H2,1-3H3. The number of ether oxygens (including phenoxy) is 1. The third-order valence-electron chi connectivity index (χ3n) is 2.96. The number of carbonyl (C=O) groups excluding carboxylic acids is 1. The lowest BCUT2D eigenvalue weighted by Crippen LogP contribution is -2.42. The molecule has 1 aliphatic rings. The normalized spacial score (nSPS) is 24.3. The second-order valence-corrected chi connectivity index (χ2v) is 6.38. The van der Waals surface area contributed by atoms with Gasteiger partial charge in [0.25, 0.3) is 0 Å². The molecule has 1 saturated heterocycles. The van der Waals surface area contributed by atoms with Crippen molar-refractivity contribution in [2.75, 3.05) is 13.1 Å². The van der Waals surface area contributed by atoms with E-state index in [4.69, 9.17) is 10.5 Å². The Morgan fingerprint density at radius 3 is 2.89 bits per heavy atom. The molecular formula is C12H19N3O2S. The van der Waals surface area contributed by atoms with Crippen LogP contribution in [0.3, 0.4) is 0 Å². The van der Waals surface area contributed by atoms with E-state index in [1.165, 1.54) is 11.5 Å². The Bertz CT molecular complexity index is 427. The Kier molecular flexibility index (Phi) is 3.33. The van der Waals surface area contributed by atoms with Gasteiger partial charge in [-0.15, -0.1) is 0 Å². The van der Waals surface area contributed by atoms with Crippen LogP contribution in [0.1, 0.15) is 32.8 Å². The van der Waals surface area contributed by atoms with Gasteiger partial charge in [0, 0.05) is 30.2 Å². The van der Waals surface area contributed by atoms with E-state index in [9.17, 15) is 4.79 Å². The summed E-state index contributed by atoms with van der Waals surface area (Å²) >= 11 is 1.38. The highest BCUT2D eigenvalue weighted by molar-refractivity contribution is 7.03. The quantitative estimate of drug-likeness (QED) is 0.846. The molecule has 1 aromatic heterocycles. The van der Waals surface area contributed by atoms with E-state index in [-0.39, 0.29) is 6.09 Å². The first-order chi connectivity index (χ1) is 8.30. The molecule has 1 atom stereocenters. The van der Waals surface area contributed by atoms with Crippen LogP contribution in [0.2, 0.25) is 0 Å². The average molecular weight is 269 g/mol. The van der Waals surface area contributed by atoms with Crippen molar-refractivity contribution in [3.8, 4) is 0 Å². The minimum atomic E-state index is -0.482. The molecule has 0 saturated carbocycles. The van der Waals surface area contributed by atoms with Gasteiger partial charge in [-0.05, 0) is 38.7 Å². The molecule has 0 spiro atoms. The Labute approximate surface area is 111 Å². The molecule has 18 heavy (non-hydrogen) atoms. The zero-order valence-electron chi connectivity index (χ0n) is 11.0. The lowest BCUT2D eigenvalue weighted by molar-refractivity contribution is 0.0284. The van der Waals surface area contributed by atoms with Crippen LogP contribution in [0.15, 0.2) is 11.6 Å². The summed E-state index contributed by atoms with van der Waals surface area (Å²) in [7, 11) is 0. The fourth-order valence-corrected chi connectivity index (χ4v) is 2.65. The third-order valence-corrected chi connectivity index (χ3v) is 3.55. The van der Waals surface area contributed by atoms with Gasteiger partial charge in [0.05, 0.1) is 5.54 Å². The second kappa shape index (κ2) is 4.51. The Hall–Kier alpha value is -1.14. The maximum absolute atomic E-state index is 12.0. The number of nitrogens with two attached hydrogens (primary N) is 1.